The van der Waals surface area contributed by atoms with Crippen molar-refractivity contribution in [3.8, 4) is 0 Å². The molecule has 0 spiro atoms. The van der Waals surface area contributed by atoms with Gasteiger partial charge in [0.1, 0.15) is 6.10 Å². The number of piperazine rings is 1. The highest BCUT2D eigenvalue weighted by Crippen LogP contribution is 2.25. The molecule has 98 valence electrons. The summed E-state index contributed by atoms with van der Waals surface area (Å²) < 4.78 is 17.1. The summed E-state index contributed by atoms with van der Waals surface area (Å²) in [5.74, 6) is 0. The van der Waals surface area contributed by atoms with Gasteiger partial charge in [-0.15, -0.1) is 0 Å². The van der Waals surface area contributed by atoms with Crippen LogP contribution in [-0.2, 0) is 14.2 Å². The van der Waals surface area contributed by atoms with E-state index in [-0.39, 0.29) is 12.4 Å². The number of hydrogen-bond donors (Lipinski definition) is 0. The Hall–Kier alpha value is -0.200. The SMILES string of the molecule is CN1CCN([C@@H]2CO[C@H]3OCCO[C@H]3C2)CC1. The molecule has 0 aromatic carbocycles. The standard InChI is InChI=1S/C12H22N2O3/c1-13-2-4-14(5-3-13)10-8-11-12(17-9-10)16-7-6-15-11/h10-12H,2-9H2,1H3/t10-,11-,12+/m0/s1. The molecule has 17 heavy (non-hydrogen) atoms. The second-order valence-corrected chi connectivity index (χ2v) is 5.21. The van der Waals surface area contributed by atoms with E-state index in [9.17, 15) is 0 Å². The van der Waals surface area contributed by atoms with E-state index >= 15 is 0 Å². The van der Waals surface area contributed by atoms with Crippen LogP contribution < -0.4 is 0 Å². The molecule has 0 N–H and O–H groups in total. The Morgan fingerprint density at radius 3 is 2.53 bits per heavy atom. The first-order valence-corrected chi connectivity index (χ1v) is 6.60. The number of nitrogens with zero attached hydrogens (tertiary/aromatic N) is 2. The number of fused-ring (bicyclic) bond motifs is 1. The third-order valence-electron chi connectivity index (χ3n) is 4.01. The molecular formula is C12H22N2O3. The van der Waals surface area contributed by atoms with Crippen LogP contribution >= 0.6 is 0 Å². The highest BCUT2D eigenvalue weighted by molar-refractivity contribution is 4.85. The molecule has 0 bridgehead atoms. The molecule has 3 heterocycles. The molecule has 3 aliphatic heterocycles. The minimum Gasteiger partial charge on any atom is -0.370 e. The molecule has 3 rings (SSSR count). The van der Waals surface area contributed by atoms with Gasteiger partial charge in [-0.05, 0) is 13.5 Å². The third-order valence-corrected chi connectivity index (χ3v) is 4.01. The summed E-state index contributed by atoms with van der Waals surface area (Å²) in [6, 6.07) is 0.506. The van der Waals surface area contributed by atoms with E-state index in [4.69, 9.17) is 14.2 Å². The van der Waals surface area contributed by atoms with E-state index in [1.807, 2.05) is 0 Å². The molecule has 0 saturated carbocycles. The van der Waals surface area contributed by atoms with Crippen LogP contribution in [0.3, 0.4) is 0 Å². The monoisotopic (exact) mass is 242 g/mol. The van der Waals surface area contributed by atoms with Crippen molar-refractivity contribution in [1.82, 2.24) is 9.80 Å². The number of rotatable bonds is 1. The van der Waals surface area contributed by atoms with E-state index < -0.39 is 0 Å². The molecular weight excluding hydrogens is 220 g/mol. The first-order chi connectivity index (χ1) is 8.33. The quantitative estimate of drug-likeness (QED) is 0.634. The maximum atomic E-state index is 5.77. The Kier molecular flexibility index (Phi) is 3.63. The van der Waals surface area contributed by atoms with Crippen LogP contribution in [0.1, 0.15) is 6.42 Å². The summed E-state index contributed by atoms with van der Waals surface area (Å²) in [7, 11) is 2.18. The summed E-state index contributed by atoms with van der Waals surface area (Å²) in [6.07, 6.45) is 1.07. The predicted molar refractivity (Wildman–Crippen MR) is 62.9 cm³/mol. The van der Waals surface area contributed by atoms with Gasteiger partial charge in [0, 0.05) is 32.2 Å². The summed E-state index contributed by atoms with van der Waals surface area (Å²) in [4.78, 5) is 4.91. The predicted octanol–water partition coefficient (Wildman–Crippen LogP) is -0.236. The second kappa shape index (κ2) is 5.20. The van der Waals surface area contributed by atoms with Gasteiger partial charge >= 0.3 is 0 Å². The summed E-state index contributed by atoms with van der Waals surface area (Å²) >= 11 is 0. The van der Waals surface area contributed by atoms with Crippen LogP contribution in [0.15, 0.2) is 0 Å². The van der Waals surface area contributed by atoms with Crippen molar-refractivity contribution in [3.05, 3.63) is 0 Å². The maximum Gasteiger partial charge on any atom is 0.183 e. The van der Waals surface area contributed by atoms with Crippen LogP contribution in [0, 0.1) is 0 Å². The van der Waals surface area contributed by atoms with Crippen LogP contribution in [0.5, 0.6) is 0 Å². The number of ether oxygens (including phenoxy) is 3. The average Bonchev–Trinajstić information content (AvgIpc) is 2.39. The molecule has 3 fully saturated rings. The zero-order valence-corrected chi connectivity index (χ0v) is 10.5. The van der Waals surface area contributed by atoms with Crippen LogP contribution in [0.2, 0.25) is 0 Å². The fraction of sp³-hybridized carbons (Fsp3) is 1.00. The first-order valence-electron chi connectivity index (χ1n) is 6.60. The molecule has 3 aliphatic rings. The minimum absolute atomic E-state index is 0.118. The molecule has 5 heteroatoms. The molecule has 0 amide bonds. The lowest BCUT2D eigenvalue weighted by molar-refractivity contribution is -0.276. The Morgan fingerprint density at radius 1 is 0.941 bits per heavy atom. The van der Waals surface area contributed by atoms with Gasteiger partial charge in [-0.25, -0.2) is 0 Å². The van der Waals surface area contributed by atoms with Crippen LogP contribution in [0.4, 0.5) is 0 Å². The molecule has 0 aromatic rings. The zero-order valence-electron chi connectivity index (χ0n) is 10.5. The third kappa shape index (κ3) is 2.63. The van der Waals surface area contributed by atoms with Gasteiger partial charge in [-0.1, -0.05) is 0 Å². The molecule has 0 unspecified atom stereocenters. The molecule has 0 radical (unpaired) electrons. The van der Waals surface area contributed by atoms with Crippen LogP contribution in [-0.4, -0.2) is 81.3 Å². The Morgan fingerprint density at radius 2 is 1.71 bits per heavy atom. The first kappa shape index (κ1) is 11.9. The van der Waals surface area contributed by atoms with Gasteiger partial charge in [-0.3, -0.25) is 4.90 Å². The summed E-state index contributed by atoms with van der Waals surface area (Å²) in [6.45, 7) is 6.75. The molecule has 5 nitrogen and oxygen atoms in total. The normalized spacial score (nSPS) is 41.1. The van der Waals surface area contributed by atoms with Gasteiger partial charge in [-0.2, -0.15) is 0 Å². The van der Waals surface area contributed by atoms with Crippen molar-refractivity contribution in [3.63, 3.8) is 0 Å². The lowest BCUT2D eigenvalue weighted by atomic mass is 10.0. The van der Waals surface area contributed by atoms with Gasteiger partial charge in [0.15, 0.2) is 6.29 Å². The highest BCUT2D eigenvalue weighted by Gasteiger charge is 2.37. The van der Waals surface area contributed by atoms with E-state index in [0.717, 1.165) is 39.2 Å². The molecule has 3 saturated heterocycles. The Labute approximate surface area is 103 Å². The Balaban J connectivity index is 1.54. The average molecular weight is 242 g/mol. The second-order valence-electron chi connectivity index (χ2n) is 5.21. The largest absolute Gasteiger partial charge is 0.370 e. The fourth-order valence-electron chi connectivity index (χ4n) is 2.87. The van der Waals surface area contributed by atoms with Crippen molar-refractivity contribution < 1.29 is 14.2 Å². The van der Waals surface area contributed by atoms with Crippen molar-refractivity contribution in [2.45, 2.75) is 24.9 Å². The molecule has 0 aromatic heterocycles. The Bertz CT molecular complexity index is 256. The lowest BCUT2D eigenvalue weighted by Gasteiger charge is -2.44. The van der Waals surface area contributed by atoms with Crippen molar-refractivity contribution in [2.75, 3.05) is 53.0 Å². The topological polar surface area (TPSA) is 34.2 Å². The number of hydrogen-bond acceptors (Lipinski definition) is 5. The fourth-order valence-corrected chi connectivity index (χ4v) is 2.87. The summed E-state index contributed by atoms with van der Waals surface area (Å²) in [5, 5.41) is 0. The van der Waals surface area contributed by atoms with Gasteiger partial charge in [0.2, 0.25) is 0 Å². The zero-order chi connectivity index (χ0) is 11.7. The molecule has 0 aliphatic carbocycles. The van der Waals surface area contributed by atoms with Gasteiger partial charge in [0.05, 0.1) is 19.8 Å². The van der Waals surface area contributed by atoms with Gasteiger partial charge in [0.25, 0.3) is 0 Å². The smallest absolute Gasteiger partial charge is 0.183 e. The van der Waals surface area contributed by atoms with E-state index in [2.05, 4.69) is 16.8 Å². The minimum atomic E-state index is -0.118. The number of likely N-dealkylation sites (N-methyl/N-ethyl adjacent to an activating group) is 1. The van der Waals surface area contributed by atoms with E-state index in [1.165, 1.54) is 0 Å². The van der Waals surface area contributed by atoms with Crippen molar-refractivity contribution in [2.24, 2.45) is 0 Å². The van der Waals surface area contributed by atoms with E-state index in [1.54, 1.807) is 0 Å². The highest BCUT2D eigenvalue weighted by atomic mass is 16.7. The summed E-state index contributed by atoms with van der Waals surface area (Å²) in [5.41, 5.74) is 0. The van der Waals surface area contributed by atoms with Gasteiger partial charge < -0.3 is 19.1 Å². The van der Waals surface area contributed by atoms with E-state index in [0.29, 0.717) is 19.3 Å². The van der Waals surface area contributed by atoms with Crippen LogP contribution in [0.25, 0.3) is 0 Å². The maximum absolute atomic E-state index is 5.77. The lowest BCUT2D eigenvalue weighted by Crippen LogP contribution is -2.56. The molecule has 3 atom stereocenters. The van der Waals surface area contributed by atoms with Crippen molar-refractivity contribution in [1.29, 1.82) is 0 Å². The van der Waals surface area contributed by atoms with Crippen molar-refractivity contribution >= 4 is 0 Å².